The molecule has 0 radical (unpaired) electrons. The van der Waals surface area contributed by atoms with Gasteiger partial charge in [0.05, 0.1) is 5.92 Å². The van der Waals surface area contributed by atoms with Crippen LogP contribution < -0.4 is 4.72 Å². The predicted octanol–water partition coefficient (Wildman–Crippen LogP) is 4.33. The summed E-state index contributed by atoms with van der Waals surface area (Å²) >= 11 is 0. The molecule has 0 saturated heterocycles. The van der Waals surface area contributed by atoms with Gasteiger partial charge in [0.15, 0.2) is 16.0 Å². The first-order chi connectivity index (χ1) is 13.0. The Morgan fingerprint density at radius 1 is 1.32 bits per heavy atom. The van der Waals surface area contributed by atoms with E-state index in [0.29, 0.717) is 11.4 Å². The molecule has 2 aromatic rings. The molecule has 0 saturated carbocycles. The lowest BCUT2D eigenvalue weighted by molar-refractivity contribution is -0.120. The van der Waals surface area contributed by atoms with Crippen molar-refractivity contribution in [3.8, 4) is 0 Å². The molecule has 1 N–H and O–H groups in total. The Hall–Kier alpha value is -2.02. The van der Waals surface area contributed by atoms with Crippen LogP contribution in [0.3, 0.4) is 0 Å². The van der Waals surface area contributed by atoms with Crippen molar-refractivity contribution in [2.75, 3.05) is 0 Å². The van der Waals surface area contributed by atoms with Crippen molar-refractivity contribution in [3.05, 3.63) is 46.9 Å². The van der Waals surface area contributed by atoms with Gasteiger partial charge in [0, 0.05) is 12.2 Å². The summed E-state index contributed by atoms with van der Waals surface area (Å²) < 4.78 is 31.1. The van der Waals surface area contributed by atoms with E-state index in [1.54, 1.807) is 16.9 Å². The van der Waals surface area contributed by atoms with Gasteiger partial charge in [0.25, 0.3) is 0 Å². The first-order valence-corrected chi connectivity index (χ1v) is 10.8. The van der Waals surface area contributed by atoms with Crippen LogP contribution in [0.25, 0.3) is 0 Å². The minimum atomic E-state index is -1.73. The van der Waals surface area contributed by atoms with Gasteiger partial charge in [-0.2, -0.15) is 5.10 Å². The van der Waals surface area contributed by atoms with Gasteiger partial charge in [-0.3, -0.25) is 14.2 Å². The molecule has 3 rings (SSSR count). The first-order valence-electron chi connectivity index (χ1n) is 9.62. The summed E-state index contributed by atoms with van der Waals surface area (Å²) in [5.41, 5.74) is 2.26. The zero-order valence-corrected chi connectivity index (χ0v) is 18.1. The van der Waals surface area contributed by atoms with E-state index in [1.807, 2.05) is 41.5 Å². The minimum absolute atomic E-state index is 0.0842. The standard InChI is InChI=1S/C21H28FN3O2S/c1-12(2)15-9-14(22)10-17-19(15)16(11-21(17,5)6)20(26)24-28(27)18-7-8-25(23-18)13(3)4/h7-10,12-13,16H,11H2,1-6H3,(H,24,26). The van der Waals surface area contributed by atoms with Crippen molar-refractivity contribution in [2.45, 2.75) is 76.3 Å². The van der Waals surface area contributed by atoms with Crippen LogP contribution in [0.2, 0.25) is 0 Å². The van der Waals surface area contributed by atoms with Crippen LogP contribution in [0, 0.1) is 5.82 Å². The van der Waals surface area contributed by atoms with Crippen molar-refractivity contribution < 1.29 is 13.4 Å². The van der Waals surface area contributed by atoms with Gasteiger partial charge in [-0.1, -0.05) is 27.7 Å². The number of amides is 1. The van der Waals surface area contributed by atoms with Crippen molar-refractivity contribution >= 4 is 16.9 Å². The number of aromatic nitrogens is 2. The quantitative estimate of drug-likeness (QED) is 0.805. The van der Waals surface area contributed by atoms with E-state index < -0.39 is 16.9 Å². The summed E-state index contributed by atoms with van der Waals surface area (Å²) in [7, 11) is -1.73. The smallest absolute Gasteiger partial charge is 0.239 e. The van der Waals surface area contributed by atoms with Crippen LogP contribution in [0.5, 0.6) is 0 Å². The molecule has 0 fully saturated rings. The van der Waals surface area contributed by atoms with Crippen molar-refractivity contribution in [1.82, 2.24) is 14.5 Å². The van der Waals surface area contributed by atoms with E-state index in [2.05, 4.69) is 9.82 Å². The van der Waals surface area contributed by atoms with Gasteiger partial charge in [-0.25, -0.2) is 8.60 Å². The predicted molar refractivity (Wildman–Crippen MR) is 108 cm³/mol. The molecule has 5 nitrogen and oxygen atoms in total. The molecule has 0 bridgehead atoms. The molecule has 1 heterocycles. The summed E-state index contributed by atoms with van der Waals surface area (Å²) in [4.78, 5) is 13.0. The van der Waals surface area contributed by atoms with Crippen LogP contribution >= 0.6 is 0 Å². The number of rotatable bonds is 5. The highest BCUT2D eigenvalue weighted by Crippen LogP contribution is 2.49. The number of halogens is 1. The maximum Gasteiger partial charge on any atom is 0.239 e. The third-order valence-electron chi connectivity index (χ3n) is 5.40. The normalized spacial score (nSPS) is 19.1. The molecule has 1 aliphatic carbocycles. The third kappa shape index (κ3) is 3.77. The zero-order chi connectivity index (χ0) is 20.8. The highest BCUT2D eigenvalue weighted by molar-refractivity contribution is 7.83. The Morgan fingerprint density at radius 2 is 2.00 bits per heavy atom. The van der Waals surface area contributed by atoms with Gasteiger partial charge in [-0.05, 0) is 66.5 Å². The van der Waals surface area contributed by atoms with Crippen LogP contribution in [0.15, 0.2) is 29.4 Å². The Kier molecular flexibility index (Phi) is 5.49. The highest BCUT2D eigenvalue weighted by Gasteiger charge is 2.43. The van der Waals surface area contributed by atoms with Crippen LogP contribution in [0.1, 0.15) is 82.5 Å². The minimum Gasteiger partial charge on any atom is -0.273 e. The second kappa shape index (κ2) is 7.43. The first kappa shape index (κ1) is 20.7. The molecule has 28 heavy (non-hydrogen) atoms. The molecule has 152 valence electrons. The van der Waals surface area contributed by atoms with Crippen molar-refractivity contribution in [1.29, 1.82) is 0 Å². The van der Waals surface area contributed by atoms with Gasteiger partial charge in [0.1, 0.15) is 5.82 Å². The lowest BCUT2D eigenvalue weighted by Crippen LogP contribution is -2.31. The van der Waals surface area contributed by atoms with E-state index in [9.17, 15) is 13.4 Å². The Labute approximate surface area is 168 Å². The second-order valence-corrected chi connectivity index (χ2v) is 9.87. The fourth-order valence-electron chi connectivity index (χ4n) is 3.93. The molecular weight excluding hydrogens is 377 g/mol. The molecule has 2 unspecified atom stereocenters. The largest absolute Gasteiger partial charge is 0.273 e. The van der Waals surface area contributed by atoms with Gasteiger partial charge >= 0.3 is 0 Å². The number of hydrogen-bond donors (Lipinski definition) is 1. The number of fused-ring (bicyclic) bond motifs is 1. The topological polar surface area (TPSA) is 64.0 Å². The highest BCUT2D eigenvalue weighted by atomic mass is 32.2. The average Bonchev–Trinajstić information content (AvgIpc) is 3.18. The van der Waals surface area contributed by atoms with E-state index >= 15 is 0 Å². The maximum absolute atomic E-state index is 14.2. The third-order valence-corrected chi connectivity index (χ3v) is 6.39. The fourth-order valence-corrected chi connectivity index (χ4v) is 4.72. The lowest BCUT2D eigenvalue weighted by atomic mass is 9.85. The fraction of sp³-hybridized carbons (Fsp3) is 0.524. The number of carbonyl (C=O) groups excluding carboxylic acids is 1. The lowest BCUT2D eigenvalue weighted by Gasteiger charge is -2.20. The Morgan fingerprint density at radius 3 is 2.57 bits per heavy atom. The Balaban J connectivity index is 1.91. The number of nitrogens with one attached hydrogen (secondary N) is 1. The van der Waals surface area contributed by atoms with E-state index in [0.717, 1.165) is 16.7 Å². The molecule has 0 aliphatic heterocycles. The van der Waals surface area contributed by atoms with Crippen molar-refractivity contribution in [3.63, 3.8) is 0 Å². The van der Waals surface area contributed by atoms with Crippen LogP contribution in [-0.4, -0.2) is 19.9 Å². The van der Waals surface area contributed by atoms with E-state index in [1.165, 1.54) is 12.1 Å². The summed E-state index contributed by atoms with van der Waals surface area (Å²) in [6, 6.07) is 4.85. The van der Waals surface area contributed by atoms with Crippen molar-refractivity contribution in [2.24, 2.45) is 0 Å². The molecule has 1 aliphatic rings. The van der Waals surface area contributed by atoms with Crippen LogP contribution in [0.4, 0.5) is 4.39 Å². The average molecular weight is 406 g/mol. The second-order valence-electron chi connectivity index (χ2n) is 8.71. The molecular formula is C21H28FN3O2S. The van der Waals surface area contributed by atoms with Gasteiger partial charge in [0.2, 0.25) is 5.91 Å². The number of hydrogen-bond acceptors (Lipinski definition) is 3. The van der Waals surface area contributed by atoms with Crippen LogP contribution in [-0.2, 0) is 21.2 Å². The number of nitrogens with zero attached hydrogens (tertiary/aromatic N) is 2. The summed E-state index contributed by atoms with van der Waals surface area (Å²) in [5, 5.41) is 4.59. The van der Waals surface area contributed by atoms with Gasteiger partial charge < -0.3 is 0 Å². The molecule has 1 aromatic heterocycles. The van der Waals surface area contributed by atoms with Gasteiger partial charge in [-0.15, -0.1) is 0 Å². The zero-order valence-electron chi connectivity index (χ0n) is 17.2. The number of carbonyl (C=O) groups is 1. The molecule has 1 aromatic carbocycles. The molecule has 7 heteroatoms. The summed E-state index contributed by atoms with van der Waals surface area (Å²) in [6.07, 6.45) is 2.30. The summed E-state index contributed by atoms with van der Waals surface area (Å²) in [5.74, 6) is -0.961. The number of benzene rings is 1. The van der Waals surface area contributed by atoms with E-state index in [4.69, 9.17) is 0 Å². The molecule has 2 atom stereocenters. The Bertz CT molecular complexity index is 934. The summed E-state index contributed by atoms with van der Waals surface area (Å²) in [6.45, 7) is 12.0. The monoisotopic (exact) mass is 405 g/mol. The molecule has 1 amide bonds. The SMILES string of the molecule is CC(C)c1cc(F)cc2c1C(C(=O)NS(=O)c1ccn(C(C)C)n1)CC2(C)C. The van der Waals surface area contributed by atoms with E-state index in [-0.39, 0.29) is 29.1 Å². The molecule has 0 spiro atoms. The maximum atomic E-state index is 14.2.